The molecule has 0 bridgehead atoms. The Morgan fingerprint density at radius 1 is 1.23 bits per heavy atom. The van der Waals surface area contributed by atoms with Gasteiger partial charge in [0.1, 0.15) is 0 Å². The van der Waals surface area contributed by atoms with Crippen LogP contribution in [-0.2, 0) is 21.4 Å². The van der Waals surface area contributed by atoms with Crippen LogP contribution in [0, 0.1) is 6.92 Å². The van der Waals surface area contributed by atoms with E-state index >= 15 is 0 Å². The molecule has 0 aliphatic heterocycles. The number of carbonyl (C=O) groups is 1. The molecule has 26 heavy (non-hydrogen) atoms. The van der Waals surface area contributed by atoms with Crippen molar-refractivity contribution < 1.29 is 9.53 Å². The summed E-state index contributed by atoms with van der Waals surface area (Å²) >= 11 is 0. The van der Waals surface area contributed by atoms with Crippen molar-refractivity contribution in [2.24, 2.45) is 0 Å². The Labute approximate surface area is 155 Å². The maximum Gasteiger partial charge on any atom is 0.330 e. The van der Waals surface area contributed by atoms with Crippen LogP contribution in [0.15, 0.2) is 35.1 Å². The molecule has 2 aromatic rings. The molecule has 1 aromatic carbocycles. The van der Waals surface area contributed by atoms with Gasteiger partial charge in [0, 0.05) is 12.0 Å². The molecule has 140 valence electrons. The van der Waals surface area contributed by atoms with E-state index in [4.69, 9.17) is 4.74 Å². The molecule has 0 spiro atoms. The number of hydrogen-bond donors (Lipinski definition) is 0. The lowest BCUT2D eigenvalue weighted by Crippen LogP contribution is -2.34. The Hall–Kier alpha value is -2.43. The lowest BCUT2D eigenvalue weighted by Gasteiger charge is -2.23. The van der Waals surface area contributed by atoms with Gasteiger partial charge in [0.25, 0.3) is 5.56 Å². The van der Waals surface area contributed by atoms with E-state index in [-0.39, 0.29) is 17.6 Å². The zero-order chi connectivity index (χ0) is 19.5. The Bertz CT molecular complexity index is 847. The summed E-state index contributed by atoms with van der Waals surface area (Å²) < 4.78 is 6.27. The molecule has 5 heteroatoms. The van der Waals surface area contributed by atoms with Crippen molar-refractivity contribution in [1.82, 2.24) is 9.78 Å². The molecule has 0 aliphatic rings. The molecule has 0 N–H and O–H groups in total. The van der Waals surface area contributed by atoms with Crippen molar-refractivity contribution in [3.05, 3.63) is 63.1 Å². The fraction of sp³-hybridized carbons (Fsp3) is 0.476. The van der Waals surface area contributed by atoms with Crippen molar-refractivity contribution in [3.63, 3.8) is 0 Å². The third kappa shape index (κ3) is 4.40. The highest BCUT2D eigenvalue weighted by Crippen LogP contribution is 2.27. The molecule has 1 aromatic heterocycles. The van der Waals surface area contributed by atoms with E-state index in [2.05, 4.69) is 38.0 Å². The Morgan fingerprint density at radius 2 is 1.88 bits per heavy atom. The molecule has 1 heterocycles. The second kappa shape index (κ2) is 7.85. The van der Waals surface area contributed by atoms with Gasteiger partial charge in [-0.25, -0.2) is 9.48 Å². The van der Waals surface area contributed by atoms with Crippen molar-refractivity contribution >= 4 is 5.97 Å². The summed E-state index contributed by atoms with van der Waals surface area (Å²) in [6.07, 6.45) is 0.505. The quantitative estimate of drug-likeness (QED) is 0.769. The number of carbonyl (C=O) groups excluding carboxylic acids is 1. The van der Waals surface area contributed by atoms with Crippen molar-refractivity contribution in [3.8, 4) is 0 Å². The van der Waals surface area contributed by atoms with Crippen molar-refractivity contribution in [2.75, 3.05) is 6.61 Å². The minimum Gasteiger partial charge on any atom is -0.464 e. The molecule has 0 fully saturated rings. The standard InChI is InChI=1S/C21H28N2O3/c1-7-26-20(25)15(3)23-19(24)17(12-14(2)22-23)13-16-10-8-9-11-18(16)21(4,5)6/h8-12,15H,7,13H2,1-6H3. The van der Waals surface area contributed by atoms with Crippen LogP contribution in [0.25, 0.3) is 0 Å². The van der Waals surface area contributed by atoms with Crippen molar-refractivity contribution in [2.45, 2.75) is 59.4 Å². The second-order valence-corrected chi connectivity index (χ2v) is 7.57. The van der Waals surface area contributed by atoms with Gasteiger partial charge in [-0.3, -0.25) is 4.79 Å². The molecule has 2 rings (SSSR count). The van der Waals surface area contributed by atoms with Gasteiger partial charge in [-0.2, -0.15) is 5.10 Å². The molecule has 1 atom stereocenters. The average molecular weight is 356 g/mol. The highest BCUT2D eigenvalue weighted by molar-refractivity contribution is 5.73. The third-order valence-corrected chi connectivity index (χ3v) is 4.33. The molecule has 0 saturated carbocycles. The number of aromatic nitrogens is 2. The highest BCUT2D eigenvalue weighted by atomic mass is 16.5. The lowest BCUT2D eigenvalue weighted by molar-refractivity contribution is -0.147. The molecule has 0 radical (unpaired) electrons. The smallest absolute Gasteiger partial charge is 0.330 e. The van der Waals surface area contributed by atoms with Gasteiger partial charge in [-0.1, -0.05) is 45.0 Å². The summed E-state index contributed by atoms with van der Waals surface area (Å²) in [5, 5.41) is 4.25. The number of aryl methyl sites for hydroxylation is 1. The van der Waals surface area contributed by atoms with Crippen LogP contribution in [0.4, 0.5) is 0 Å². The summed E-state index contributed by atoms with van der Waals surface area (Å²) in [6, 6.07) is 9.20. The van der Waals surface area contributed by atoms with E-state index in [1.54, 1.807) is 19.9 Å². The number of nitrogens with zero attached hydrogens (tertiary/aromatic N) is 2. The molecular weight excluding hydrogens is 328 g/mol. The predicted molar refractivity (Wildman–Crippen MR) is 103 cm³/mol. The number of hydrogen-bond acceptors (Lipinski definition) is 4. The van der Waals surface area contributed by atoms with Gasteiger partial charge in [-0.05, 0) is 43.4 Å². The minimum atomic E-state index is -0.751. The Morgan fingerprint density at radius 3 is 2.50 bits per heavy atom. The van der Waals surface area contributed by atoms with E-state index in [9.17, 15) is 9.59 Å². The third-order valence-electron chi connectivity index (χ3n) is 4.33. The molecular formula is C21H28N2O3. The van der Waals surface area contributed by atoms with Gasteiger partial charge < -0.3 is 4.74 Å². The van der Waals surface area contributed by atoms with E-state index < -0.39 is 12.0 Å². The molecule has 0 aliphatic carbocycles. The number of esters is 1. The number of ether oxygens (including phenoxy) is 1. The SMILES string of the molecule is CCOC(=O)C(C)n1nc(C)cc(Cc2ccccc2C(C)(C)C)c1=O. The van der Waals surface area contributed by atoms with Crippen LogP contribution < -0.4 is 5.56 Å². The topological polar surface area (TPSA) is 61.2 Å². The first kappa shape index (κ1) is 19.9. The van der Waals surface area contributed by atoms with Crippen LogP contribution in [0.1, 0.15) is 63.0 Å². The first-order valence-corrected chi connectivity index (χ1v) is 8.99. The second-order valence-electron chi connectivity index (χ2n) is 7.57. The molecule has 1 unspecified atom stereocenters. The molecule has 0 saturated heterocycles. The zero-order valence-electron chi connectivity index (χ0n) is 16.5. The summed E-state index contributed by atoms with van der Waals surface area (Å²) in [5.41, 5.74) is 3.38. The van der Waals surface area contributed by atoms with Gasteiger partial charge >= 0.3 is 5.97 Å². The van der Waals surface area contributed by atoms with E-state index in [0.717, 1.165) is 5.56 Å². The van der Waals surface area contributed by atoms with E-state index in [1.807, 2.05) is 19.1 Å². The summed E-state index contributed by atoms with van der Waals surface area (Å²) in [4.78, 5) is 25.0. The highest BCUT2D eigenvalue weighted by Gasteiger charge is 2.22. The summed E-state index contributed by atoms with van der Waals surface area (Å²) in [6.45, 7) is 12.0. The van der Waals surface area contributed by atoms with Gasteiger partial charge in [-0.15, -0.1) is 0 Å². The van der Waals surface area contributed by atoms with Crippen LogP contribution >= 0.6 is 0 Å². The number of benzene rings is 1. The minimum absolute atomic E-state index is 0.0179. The van der Waals surface area contributed by atoms with E-state index in [1.165, 1.54) is 10.2 Å². The maximum atomic E-state index is 12.9. The largest absolute Gasteiger partial charge is 0.464 e. The Balaban J connectivity index is 2.47. The monoisotopic (exact) mass is 356 g/mol. The first-order chi connectivity index (χ1) is 12.1. The van der Waals surface area contributed by atoms with Crippen LogP contribution in [0.3, 0.4) is 0 Å². The Kier molecular flexibility index (Phi) is 6.01. The fourth-order valence-corrected chi connectivity index (χ4v) is 3.07. The first-order valence-electron chi connectivity index (χ1n) is 8.99. The predicted octanol–water partition coefficient (Wildman–Crippen LogP) is 3.56. The van der Waals surface area contributed by atoms with E-state index in [0.29, 0.717) is 17.7 Å². The van der Waals surface area contributed by atoms with Gasteiger partial charge in [0.05, 0.1) is 12.3 Å². The molecule has 0 amide bonds. The lowest BCUT2D eigenvalue weighted by atomic mass is 9.82. The fourth-order valence-electron chi connectivity index (χ4n) is 3.07. The number of rotatable bonds is 5. The summed E-state index contributed by atoms with van der Waals surface area (Å²) in [7, 11) is 0. The van der Waals surface area contributed by atoms with Gasteiger partial charge in [0.15, 0.2) is 6.04 Å². The van der Waals surface area contributed by atoms with Crippen LogP contribution in [0.5, 0.6) is 0 Å². The van der Waals surface area contributed by atoms with Crippen LogP contribution in [0.2, 0.25) is 0 Å². The van der Waals surface area contributed by atoms with Crippen LogP contribution in [-0.4, -0.2) is 22.4 Å². The summed E-state index contributed by atoms with van der Waals surface area (Å²) in [5.74, 6) is -0.450. The average Bonchev–Trinajstić information content (AvgIpc) is 2.57. The zero-order valence-corrected chi connectivity index (χ0v) is 16.5. The molecule has 5 nitrogen and oxygen atoms in total. The van der Waals surface area contributed by atoms with Gasteiger partial charge in [0.2, 0.25) is 0 Å². The maximum absolute atomic E-state index is 12.9. The normalized spacial score (nSPS) is 12.7. The van der Waals surface area contributed by atoms with Crippen molar-refractivity contribution in [1.29, 1.82) is 0 Å².